The Morgan fingerprint density at radius 1 is 1.35 bits per heavy atom. The van der Waals surface area contributed by atoms with E-state index in [4.69, 9.17) is 33.3 Å². The summed E-state index contributed by atoms with van der Waals surface area (Å²) in [4.78, 5) is 0. The predicted octanol–water partition coefficient (Wildman–Crippen LogP) is 2.80. The lowest BCUT2D eigenvalue weighted by atomic mass is 10.2. The largest absolute Gasteiger partial charge is 0.493 e. The molecule has 106 valence electrons. The standard InChI is InChI=1S/C12H13ClN4O2S/c1-7-15-16-12(20)17(7)14-6-8-4-10(18-2)11(19-3)5-9(8)13/h4-6H,1-3H3,(H,16,20)/b14-6-. The second-order valence-corrected chi connectivity index (χ2v) is 4.65. The summed E-state index contributed by atoms with van der Waals surface area (Å²) in [6.45, 7) is 1.79. The molecule has 1 aromatic heterocycles. The summed E-state index contributed by atoms with van der Waals surface area (Å²) in [7, 11) is 3.11. The Hall–Kier alpha value is -1.86. The number of hydrogen-bond acceptors (Lipinski definition) is 5. The summed E-state index contributed by atoms with van der Waals surface area (Å²) in [5.41, 5.74) is 0.687. The van der Waals surface area contributed by atoms with Crippen molar-refractivity contribution >= 4 is 30.0 Å². The molecule has 6 nitrogen and oxygen atoms in total. The second-order valence-electron chi connectivity index (χ2n) is 3.86. The topological polar surface area (TPSA) is 64.4 Å². The van der Waals surface area contributed by atoms with Crippen molar-refractivity contribution in [2.45, 2.75) is 6.92 Å². The van der Waals surface area contributed by atoms with Gasteiger partial charge in [0.1, 0.15) is 5.82 Å². The zero-order valence-electron chi connectivity index (χ0n) is 11.2. The number of nitrogens with one attached hydrogen (secondary N) is 1. The van der Waals surface area contributed by atoms with Crippen LogP contribution in [0.1, 0.15) is 11.4 Å². The SMILES string of the molecule is COc1cc(Cl)c(/C=N\n2c(C)n[nH]c2=S)cc1OC. The Labute approximate surface area is 126 Å². The van der Waals surface area contributed by atoms with E-state index in [2.05, 4.69) is 15.3 Å². The van der Waals surface area contributed by atoms with Gasteiger partial charge in [-0.15, -0.1) is 0 Å². The molecule has 0 saturated carbocycles. The lowest BCUT2D eigenvalue weighted by Crippen LogP contribution is -1.96. The average molecular weight is 313 g/mol. The number of hydrogen-bond donors (Lipinski definition) is 1. The fraction of sp³-hybridized carbons (Fsp3) is 0.250. The van der Waals surface area contributed by atoms with Gasteiger partial charge in [-0.05, 0) is 25.2 Å². The predicted molar refractivity (Wildman–Crippen MR) is 79.7 cm³/mol. The van der Waals surface area contributed by atoms with E-state index in [1.807, 2.05) is 0 Å². The molecule has 0 radical (unpaired) electrons. The molecule has 8 heteroatoms. The molecule has 1 aromatic carbocycles. The van der Waals surface area contributed by atoms with Crippen molar-refractivity contribution in [3.05, 3.63) is 33.3 Å². The maximum atomic E-state index is 6.17. The Kier molecular flexibility index (Phi) is 4.41. The third kappa shape index (κ3) is 2.83. The molecule has 2 rings (SSSR count). The van der Waals surface area contributed by atoms with Crippen molar-refractivity contribution < 1.29 is 9.47 Å². The summed E-state index contributed by atoms with van der Waals surface area (Å²) in [6.07, 6.45) is 1.59. The molecular formula is C12H13ClN4O2S. The van der Waals surface area contributed by atoms with Gasteiger partial charge in [0.05, 0.1) is 25.5 Å². The monoisotopic (exact) mass is 312 g/mol. The van der Waals surface area contributed by atoms with Crippen molar-refractivity contribution in [3.63, 3.8) is 0 Å². The average Bonchev–Trinajstić information content (AvgIpc) is 2.76. The van der Waals surface area contributed by atoms with E-state index in [-0.39, 0.29) is 0 Å². The minimum Gasteiger partial charge on any atom is -0.493 e. The number of nitrogens with zero attached hydrogens (tertiary/aromatic N) is 3. The van der Waals surface area contributed by atoms with Gasteiger partial charge in [0, 0.05) is 11.6 Å². The molecule has 2 aromatic rings. The molecule has 1 N–H and O–H groups in total. The van der Waals surface area contributed by atoms with E-state index in [0.29, 0.717) is 32.7 Å². The number of benzene rings is 1. The molecule has 0 spiro atoms. The highest BCUT2D eigenvalue weighted by Gasteiger charge is 2.08. The van der Waals surface area contributed by atoms with Gasteiger partial charge in [-0.3, -0.25) is 5.10 Å². The summed E-state index contributed by atoms with van der Waals surface area (Å²) in [6, 6.07) is 3.41. The fourth-order valence-corrected chi connectivity index (χ4v) is 2.02. The molecule has 0 bridgehead atoms. The maximum absolute atomic E-state index is 6.17. The third-order valence-electron chi connectivity index (χ3n) is 2.63. The fourth-order valence-electron chi connectivity index (χ4n) is 1.60. The first kappa shape index (κ1) is 14.5. The van der Waals surface area contributed by atoms with Gasteiger partial charge in [-0.2, -0.15) is 14.9 Å². The number of aromatic amines is 1. The van der Waals surface area contributed by atoms with Crippen molar-refractivity contribution in [3.8, 4) is 11.5 Å². The number of aromatic nitrogens is 3. The van der Waals surface area contributed by atoms with Crippen LogP contribution in [0.15, 0.2) is 17.2 Å². The van der Waals surface area contributed by atoms with E-state index in [1.54, 1.807) is 39.5 Å². The Balaban J connectivity index is 2.41. The van der Waals surface area contributed by atoms with Crippen molar-refractivity contribution in [1.29, 1.82) is 0 Å². The van der Waals surface area contributed by atoms with Gasteiger partial charge in [-0.25, -0.2) is 0 Å². The van der Waals surface area contributed by atoms with Gasteiger partial charge in [0.25, 0.3) is 0 Å². The quantitative estimate of drug-likeness (QED) is 0.696. The van der Waals surface area contributed by atoms with E-state index in [0.717, 1.165) is 0 Å². The Bertz CT molecular complexity index is 708. The normalized spacial score (nSPS) is 11.0. The molecule has 0 aliphatic carbocycles. The van der Waals surface area contributed by atoms with Crippen LogP contribution in [0.5, 0.6) is 11.5 Å². The van der Waals surface area contributed by atoms with Crippen molar-refractivity contribution in [2.75, 3.05) is 14.2 Å². The van der Waals surface area contributed by atoms with Crippen molar-refractivity contribution in [1.82, 2.24) is 14.9 Å². The van der Waals surface area contributed by atoms with Crippen LogP contribution in [0.2, 0.25) is 5.02 Å². The number of H-pyrrole nitrogens is 1. The maximum Gasteiger partial charge on any atom is 0.216 e. The molecule has 0 unspecified atom stereocenters. The minimum absolute atomic E-state index is 0.412. The first-order chi connectivity index (χ1) is 9.56. The summed E-state index contributed by atoms with van der Waals surface area (Å²) >= 11 is 11.2. The number of halogens is 1. The highest BCUT2D eigenvalue weighted by molar-refractivity contribution is 7.71. The van der Waals surface area contributed by atoms with Crippen LogP contribution in [0.25, 0.3) is 0 Å². The van der Waals surface area contributed by atoms with Crippen molar-refractivity contribution in [2.24, 2.45) is 5.10 Å². The molecule has 0 aliphatic rings. The highest BCUT2D eigenvalue weighted by Crippen LogP contribution is 2.32. The lowest BCUT2D eigenvalue weighted by Gasteiger charge is -2.09. The first-order valence-electron chi connectivity index (χ1n) is 5.66. The third-order valence-corrected chi connectivity index (χ3v) is 3.22. The van der Waals surface area contributed by atoms with Gasteiger partial charge < -0.3 is 9.47 Å². The second kappa shape index (κ2) is 6.06. The summed E-state index contributed by atoms with van der Waals surface area (Å²) < 4.78 is 12.3. The number of ether oxygens (including phenoxy) is 2. The van der Waals surface area contributed by atoms with Gasteiger partial charge in [0.2, 0.25) is 4.77 Å². The van der Waals surface area contributed by atoms with E-state index < -0.39 is 0 Å². The van der Waals surface area contributed by atoms with E-state index in [9.17, 15) is 0 Å². The van der Waals surface area contributed by atoms with E-state index in [1.165, 1.54) is 4.68 Å². The molecule has 0 fully saturated rings. The molecule has 0 amide bonds. The minimum atomic E-state index is 0.412. The zero-order valence-corrected chi connectivity index (χ0v) is 12.7. The summed E-state index contributed by atoms with van der Waals surface area (Å²) in [5, 5.41) is 11.4. The van der Waals surface area contributed by atoms with E-state index >= 15 is 0 Å². The lowest BCUT2D eigenvalue weighted by molar-refractivity contribution is 0.355. The summed E-state index contributed by atoms with van der Waals surface area (Å²) in [5.74, 6) is 1.79. The molecule has 20 heavy (non-hydrogen) atoms. The molecule has 0 aliphatic heterocycles. The molecule has 0 saturated heterocycles. The van der Waals surface area contributed by atoms with Crippen LogP contribution in [-0.4, -0.2) is 35.3 Å². The highest BCUT2D eigenvalue weighted by atomic mass is 35.5. The number of aryl methyl sites for hydroxylation is 1. The van der Waals surface area contributed by atoms with Crippen LogP contribution in [-0.2, 0) is 0 Å². The number of rotatable bonds is 4. The number of methoxy groups -OCH3 is 2. The Morgan fingerprint density at radius 2 is 2.00 bits per heavy atom. The van der Waals surface area contributed by atoms with Crippen LogP contribution in [0, 0.1) is 11.7 Å². The van der Waals surface area contributed by atoms with Gasteiger partial charge in [-0.1, -0.05) is 11.6 Å². The molecule has 1 heterocycles. The van der Waals surface area contributed by atoms with Gasteiger partial charge in [0.15, 0.2) is 11.5 Å². The van der Waals surface area contributed by atoms with Crippen LogP contribution in [0.4, 0.5) is 0 Å². The zero-order chi connectivity index (χ0) is 14.7. The molecule has 0 atom stereocenters. The smallest absolute Gasteiger partial charge is 0.216 e. The Morgan fingerprint density at radius 3 is 2.55 bits per heavy atom. The van der Waals surface area contributed by atoms with Crippen LogP contribution < -0.4 is 9.47 Å². The first-order valence-corrected chi connectivity index (χ1v) is 6.45. The molecular weight excluding hydrogens is 300 g/mol. The van der Waals surface area contributed by atoms with Crippen LogP contribution in [0.3, 0.4) is 0 Å². The van der Waals surface area contributed by atoms with Gasteiger partial charge >= 0.3 is 0 Å². The van der Waals surface area contributed by atoms with Crippen LogP contribution >= 0.6 is 23.8 Å².